The van der Waals surface area contributed by atoms with Crippen LogP contribution in [0.15, 0.2) is 41.3 Å². The van der Waals surface area contributed by atoms with E-state index in [-0.39, 0.29) is 22.9 Å². The second-order valence-electron chi connectivity index (χ2n) is 4.22. The minimum absolute atomic E-state index is 0.0826. The fraction of sp³-hybridized carbons (Fsp3) is 0.429. The summed E-state index contributed by atoms with van der Waals surface area (Å²) in [6, 6.07) is 0.0826. The van der Waals surface area contributed by atoms with Crippen molar-refractivity contribution < 1.29 is 9.53 Å². The second-order valence-corrected chi connectivity index (χ2v) is 4.58. The average molecular weight is 285 g/mol. The molecule has 0 bridgehead atoms. The van der Waals surface area contributed by atoms with Crippen LogP contribution < -0.4 is 0 Å². The summed E-state index contributed by atoms with van der Waals surface area (Å²) in [5.41, 5.74) is 0.373. The van der Waals surface area contributed by atoms with Crippen molar-refractivity contribution in [2.24, 2.45) is 4.99 Å². The van der Waals surface area contributed by atoms with Gasteiger partial charge in [0.05, 0.1) is 5.57 Å². The van der Waals surface area contributed by atoms with Crippen LogP contribution in [0, 0.1) is 0 Å². The van der Waals surface area contributed by atoms with E-state index in [1.54, 1.807) is 18.9 Å². The summed E-state index contributed by atoms with van der Waals surface area (Å²) in [6.07, 6.45) is 1.46. The van der Waals surface area contributed by atoms with Crippen molar-refractivity contribution in [3.05, 3.63) is 36.3 Å². The minimum atomic E-state index is -0.167. The topological polar surface area (TPSA) is 41.9 Å². The summed E-state index contributed by atoms with van der Waals surface area (Å²) < 4.78 is 5.41. The van der Waals surface area contributed by atoms with E-state index in [2.05, 4.69) is 18.2 Å². The summed E-state index contributed by atoms with van der Waals surface area (Å²) >= 11 is 5.78. The van der Waals surface area contributed by atoms with Crippen molar-refractivity contribution >= 4 is 22.7 Å². The van der Waals surface area contributed by atoms with Crippen LogP contribution in [0.2, 0.25) is 0 Å². The fourth-order valence-corrected chi connectivity index (χ4v) is 1.25. The molecular weight excluding hydrogens is 264 g/mol. The van der Waals surface area contributed by atoms with Crippen LogP contribution in [0.25, 0.3) is 0 Å². The van der Waals surface area contributed by atoms with Crippen molar-refractivity contribution in [2.45, 2.75) is 26.8 Å². The number of carbonyl (C=O) groups is 1. The van der Waals surface area contributed by atoms with Gasteiger partial charge in [-0.25, -0.2) is 0 Å². The van der Waals surface area contributed by atoms with E-state index in [4.69, 9.17) is 16.3 Å². The zero-order valence-electron chi connectivity index (χ0n) is 12.2. The van der Waals surface area contributed by atoms with Crippen molar-refractivity contribution in [3.63, 3.8) is 0 Å². The standard InChI is InChI=1S/C14H21ClN2O2/c1-8-12(14(18)17(7)9(2)3)10(4)19-11(5)13(15)16-6/h8-9H,1,5H2,2-4,6-7H3/b12-10-,16-13+. The predicted octanol–water partition coefficient (Wildman–Crippen LogP) is 3.11. The van der Waals surface area contributed by atoms with E-state index >= 15 is 0 Å². The Balaban J connectivity index is 5.21. The smallest absolute Gasteiger partial charge is 0.257 e. The Morgan fingerprint density at radius 2 is 2.00 bits per heavy atom. The maximum atomic E-state index is 12.2. The molecule has 0 aromatic rings. The van der Waals surface area contributed by atoms with Gasteiger partial charge in [-0.1, -0.05) is 30.8 Å². The van der Waals surface area contributed by atoms with Gasteiger partial charge in [-0.15, -0.1) is 0 Å². The second kappa shape index (κ2) is 7.79. The highest BCUT2D eigenvalue weighted by Crippen LogP contribution is 2.16. The van der Waals surface area contributed by atoms with Gasteiger partial charge in [0, 0.05) is 20.1 Å². The number of nitrogens with zero attached hydrogens (tertiary/aromatic N) is 2. The van der Waals surface area contributed by atoms with E-state index in [9.17, 15) is 4.79 Å². The van der Waals surface area contributed by atoms with E-state index < -0.39 is 0 Å². The lowest BCUT2D eigenvalue weighted by molar-refractivity contribution is -0.127. The normalized spacial score (nSPS) is 12.9. The predicted molar refractivity (Wildman–Crippen MR) is 80.2 cm³/mol. The highest BCUT2D eigenvalue weighted by molar-refractivity contribution is 6.69. The van der Waals surface area contributed by atoms with Crippen LogP contribution in [-0.2, 0) is 9.53 Å². The van der Waals surface area contributed by atoms with Gasteiger partial charge < -0.3 is 9.64 Å². The van der Waals surface area contributed by atoms with Crippen LogP contribution in [0.1, 0.15) is 20.8 Å². The number of halogens is 1. The molecule has 19 heavy (non-hydrogen) atoms. The number of likely N-dealkylation sites (N-methyl/N-ethyl adjacent to an activating group) is 1. The number of hydrogen-bond acceptors (Lipinski definition) is 3. The molecule has 1 amide bonds. The molecule has 0 unspecified atom stereocenters. The van der Waals surface area contributed by atoms with E-state index in [1.165, 1.54) is 13.1 Å². The molecule has 0 saturated heterocycles. The van der Waals surface area contributed by atoms with E-state index in [1.807, 2.05) is 13.8 Å². The first kappa shape index (κ1) is 17.4. The fourth-order valence-electron chi connectivity index (χ4n) is 1.21. The molecule has 0 aliphatic carbocycles. The molecule has 0 N–H and O–H groups in total. The number of hydrogen-bond donors (Lipinski definition) is 0. The molecule has 0 radical (unpaired) electrons. The van der Waals surface area contributed by atoms with Gasteiger partial charge in [-0.05, 0) is 20.8 Å². The molecule has 0 atom stereocenters. The zero-order chi connectivity index (χ0) is 15.2. The molecule has 0 aromatic carbocycles. The van der Waals surface area contributed by atoms with E-state index in [0.29, 0.717) is 11.3 Å². The number of amides is 1. The maximum Gasteiger partial charge on any atom is 0.257 e. The third-order valence-electron chi connectivity index (χ3n) is 2.61. The van der Waals surface area contributed by atoms with Gasteiger partial charge >= 0.3 is 0 Å². The Labute approximate surface area is 120 Å². The lowest BCUT2D eigenvalue weighted by Crippen LogP contribution is -2.34. The number of allylic oxidation sites excluding steroid dienone is 2. The number of aliphatic imine (C=N–C) groups is 1. The average Bonchev–Trinajstić information content (AvgIpc) is 2.36. The highest BCUT2D eigenvalue weighted by atomic mass is 35.5. The molecule has 0 fully saturated rings. The molecule has 0 rings (SSSR count). The van der Waals surface area contributed by atoms with Crippen LogP contribution in [0.4, 0.5) is 0 Å². The Morgan fingerprint density at radius 3 is 2.37 bits per heavy atom. The molecule has 5 heteroatoms. The van der Waals surface area contributed by atoms with Crippen molar-refractivity contribution in [3.8, 4) is 0 Å². The maximum absolute atomic E-state index is 12.2. The Hall–Kier alpha value is -1.55. The summed E-state index contributed by atoms with van der Waals surface area (Å²) in [4.78, 5) is 17.5. The summed E-state index contributed by atoms with van der Waals surface area (Å²) in [5.74, 6) is 0.417. The molecule has 0 spiro atoms. The molecule has 0 aliphatic rings. The molecule has 0 saturated carbocycles. The summed E-state index contributed by atoms with van der Waals surface area (Å²) in [5, 5.41) is 0.160. The van der Waals surface area contributed by atoms with Gasteiger partial charge in [0.25, 0.3) is 5.91 Å². The Morgan fingerprint density at radius 1 is 1.47 bits per heavy atom. The van der Waals surface area contributed by atoms with Crippen LogP contribution in [-0.4, -0.2) is 36.1 Å². The van der Waals surface area contributed by atoms with Crippen LogP contribution >= 0.6 is 11.6 Å². The monoisotopic (exact) mass is 284 g/mol. The molecule has 0 aromatic heterocycles. The SMILES string of the molecule is C=C/C(C(=O)N(C)C(C)C)=C(\C)OC(=C)/C(Cl)=N\C. The van der Waals surface area contributed by atoms with Crippen LogP contribution in [0.5, 0.6) is 0 Å². The zero-order valence-corrected chi connectivity index (χ0v) is 12.9. The quantitative estimate of drug-likeness (QED) is 0.325. The first-order chi connectivity index (χ1) is 8.76. The van der Waals surface area contributed by atoms with Crippen LogP contribution in [0.3, 0.4) is 0 Å². The van der Waals surface area contributed by atoms with Crippen molar-refractivity contribution in [1.29, 1.82) is 0 Å². The third-order valence-corrected chi connectivity index (χ3v) is 2.99. The largest absolute Gasteiger partial charge is 0.459 e. The number of rotatable bonds is 6. The highest BCUT2D eigenvalue weighted by Gasteiger charge is 2.18. The van der Waals surface area contributed by atoms with Gasteiger partial charge in [-0.3, -0.25) is 9.79 Å². The first-order valence-electron chi connectivity index (χ1n) is 5.86. The van der Waals surface area contributed by atoms with Gasteiger partial charge in [0.1, 0.15) is 5.76 Å². The number of ether oxygens (including phenoxy) is 1. The summed E-state index contributed by atoms with van der Waals surface area (Å²) in [6.45, 7) is 12.8. The van der Waals surface area contributed by atoms with Gasteiger partial charge in [-0.2, -0.15) is 0 Å². The Kier molecular flexibility index (Phi) is 7.16. The third kappa shape index (κ3) is 4.91. The van der Waals surface area contributed by atoms with Gasteiger partial charge in [0.15, 0.2) is 10.9 Å². The lowest BCUT2D eigenvalue weighted by atomic mass is 10.2. The first-order valence-corrected chi connectivity index (χ1v) is 6.23. The molecule has 0 heterocycles. The summed E-state index contributed by atoms with van der Waals surface area (Å²) in [7, 11) is 3.25. The van der Waals surface area contributed by atoms with Crippen molar-refractivity contribution in [1.82, 2.24) is 4.90 Å². The molecular formula is C14H21ClN2O2. The van der Waals surface area contributed by atoms with Gasteiger partial charge in [0.2, 0.25) is 0 Å². The van der Waals surface area contributed by atoms with Crippen molar-refractivity contribution in [2.75, 3.05) is 14.1 Å². The Bertz CT molecular complexity index is 437. The minimum Gasteiger partial charge on any atom is -0.459 e. The molecule has 4 nitrogen and oxygen atoms in total. The van der Waals surface area contributed by atoms with E-state index in [0.717, 1.165) is 0 Å². The molecule has 0 aliphatic heterocycles. The lowest BCUT2D eigenvalue weighted by Gasteiger charge is -2.22. The molecule has 106 valence electrons. The number of carbonyl (C=O) groups excluding carboxylic acids is 1.